The van der Waals surface area contributed by atoms with Gasteiger partial charge in [0.2, 0.25) is 0 Å². The highest BCUT2D eigenvalue weighted by Crippen LogP contribution is 2.26. The summed E-state index contributed by atoms with van der Waals surface area (Å²) in [5.74, 6) is 0. The summed E-state index contributed by atoms with van der Waals surface area (Å²) in [6, 6.07) is 8.66. The summed E-state index contributed by atoms with van der Waals surface area (Å²) in [7, 11) is 0. The highest BCUT2D eigenvalue weighted by Gasteiger charge is 2.35. The van der Waals surface area contributed by atoms with E-state index in [1.54, 1.807) is 0 Å². The first-order valence-corrected chi connectivity index (χ1v) is 7.20. The molecule has 0 aromatic heterocycles. The molecular weight excluding hydrogens is 292 g/mol. The highest BCUT2D eigenvalue weighted by molar-refractivity contribution is 9.10. The Hall–Kier alpha value is -0.710. The van der Waals surface area contributed by atoms with Gasteiger partial charge in [0.15, 0.2) is 0 Å². The van der Waals surface area contributed by atoms with Crippen LogP contribution in [0.1, 0.15) is 13.8 Å². The van der Waals surface area contributed by atoms with Crippen LogP contribution in [-0.2, 0) is 4.79 Å². The lowest BCUT2D eigenvalue weighted by atomic mass is 10.1. The van der Waals surface area contributed by atoms with Crippen molar-refractivity contribution in [3.05, 3.63) is 28.7 Å². The SMILES string of the molecule is CC(C)N1CC[N+](C=O)(c2ccc(Br)cc2)CC1. The van der Waals surface area contributed by atoms with Crippen molar-refractivity contribution >= 4 is 28.0 Å². The third-order valence-electron chi connectivity index (χ3n) is 3.85. The first-order chi connectivity index (χ1) is 8.57. The van der Waals surface area contributed by atoms with Crippen molar-refractivity contribution in [2.75, 3.05) is 26.2 Å². The molecule has 0 saturated carbocycles. The molecule has 1 aliphatic rings. The standard InChI is InChI=1S/C14H20BrN2O/c1-12(2)16-7-9-17(11-18,10-8-16)14-5-3-13(15)4-6-14/h3-6,11-12H,7-10H2,1-2H3/q+1. The fourth-order valence-electron chi connectivity index (χ4n) is 2.52. The van der Waals surface area contributed by atoms with E-state index in [1.807, 2.05) is 24.3 Å². The number of halogens is 1. The minimum Gasteiger partial charge on any atom is -0.290 e. The molecule has 2 rings (SSSR count). The number of rotatable bonds is 3. The van der Waals surface area contributed by atoms with E-state index in [-0.39, 0.29) is 0 Å². The number of hydrogen-bond acceptors (Lipinski definition) is 2. The number of nitrogens with zero attached hydrogens (tertiary/aromatic N) is 2. The minimum absolute atomic E-state index is 0.455. The first-order valence-electron chi connectivity index (χ1n) is 6.41. The van der Waals surface area contributed by atoms with Gasteiger partial charge in [0, 0.05) is 35.7 Å². The molecule has 3 nitrogen and oxygen atoms in total. The van der Waals surface area contributed by atoms with Crippen LogP contribution in [-0.4, -0.2) is 43.5 Å². The van der Waals surface area contributed by atoms with Crippen molar-refractivity contribution in [3.8, 4) is 0 Å². The zero-order chi connectivity index (χ0) is 13.2. The second-order valence-corrected chi connectivity index (χ2v) is 6.11. The Morgan fingerprint density at radius 3 is 2.22 bits per heavy atom. The maximum absolute atomic E-state index is 11.6. The third-order valence-corrected chi connectivity index (χ3v) is 4.37. The third kappa shape index (κ3) is 2.66. The molecule has 4 heteroatoms. The van der Waals surface area contributed by atoms with Gasteiger partial charge in [0.1, 0.15) is 18.8 Å². The van der Waals surface area contributed by atoms with Crippen LogP contribution < -0.4 is 4.48 Å². The molecule has 1 amide bonds. The van der Waals surface area contributed by atoms with E-state index in [2.05, 4.69) is 34.7 Å². The van der Waals surface area contributed by atoms with Crippen LogP contribution in [0.2, 0.25) is 0 Å². The molecule has 1 fully saturated rings. The molecule has 0 aliphatic carbocycles. The van der Waals surface area contributed by atoms with Crippen molar-refractivity contribution in [2.24, 2.45) is 0 Å². The lowest BCUT2D eigenvalue weighted by molar-refractivity contribution is -0.119. The molecule has 0 spiro atoms. The van der Waals surface area contributed by atoms with Crippen molar-refractivity contribution in [2.45, 2.75) is 19.9 Å². The van der Waals surface area contributed by atoms with Gasteiger partial charge in [-0.1, -0.05) is 15.9 Å². The van der Waals surface area contributed by atoms with Gasteiger partial charge in [-0.05, 0) is 26.0 Å². The lowest BCUT2D eigenvalue weighted by Crippen LogP contribution is -2.61. The number of carbonyl (C=O) groups excluding carboxylic acids is 1. The number of benzene rings is 1. The zero-order valence-corrected chi connectivity index (χ0v) is 12.6. The van der Waals surface area contributed by atoms with E-state index in [4.69, 9.17) is 0 Å². The van der Waals surface area contributed by atoms with E-state index >= 15 is 0 Å². The van der Waals surface area contributed by atoms with Crippen LogP contribution >= 0.6 is 15.9 Å². The van der Waals surface area contributed by atoms with Gasteiger partial charge in [0.25, 0.3) is 0 Å². The fourth-order valence-corrected chi connectivity index (χ4v) is 2.78. The van der Waals surface area contributed by atoms with Crippen molar-refractivity contribution in [3.63, 3.8) is 0 Å². The minimum atomic E-state index is 0.455. The number of amides is 1. The molecule has 0 atom stereocenters. The summed E-state index contributed by atoms with van der Waals surface area (Å²) >= 11 is 3.43. The van der Waals surface area contributed by atoms with Crippen molar-refractivity contribution in [1.82, 2.24) is 9.38 Å². The molecule has 98 valence electrons. The number of hydrogen-bond donors (Lipinski definition) is 0. The predicted molar refractivity (Wildman–Crippen MR) is 78.4 cm³/mol. The number of carbonyl (C=O) groups is 1. The largest absolute Gasteiger partial charge is 0.306 e. The average Bonchev–Trinajstić information content (AvgIpc) is 2.39. The van der Waals surface area contributed by atoms with Gasteiger partial charge in [-0.15, -0.1) is 0 Å². The Labute approximate surface area is 117 Å². The fraction of sp³-hybridized carbons (Fsp3) is 0.500. The molecule has 0 radical (unpaired) electrons. The number of quaternary nitrogens is 1. The molecule has 0 unspecified atom stereocenters. The van der Waals surface area contributed by atoms with Crippen LogP contribution in [0.5, 0.6) is 0 Å². The van der Waals surface area contributed by atoms with E-state index < -0.39 is 0 Å². The number of piperazine rings is 1. The van der Waals surface area contributed by atoms with E-state index in [0.717, 1.165) is 42.7 Å². The Kier molecular flexibility index (Phi) is 4.20. The molecule has 1 aromatic rings. The molecule has 1 saturated heterocycles. The maximum atomic E-state index is 11.6. The van der Waals surface area contributed by atoms with Gasteiger partial charge >= 0.3 is 6.41 Å². The van der Waals surface area contributed by atoms with Gasteiger partial charge in [-0.2, -0.15) is 0 Å². The van der Waals surface area contributed by atoms with Crippen LogP contribution in [0, 0.1) is 0 Å². The average molecular weight is 312 g/mol. The molecule has 0 bridgehead atoms. The smallest absolute Gasteiger partial charge is 0.290 e. The quantitative estimate of drug-likeness (QED) is 0.632. The van der Waals surface area contributed by atoms with Crippen molar-refractivity contribution < 1.29 is 4.79 Å². The summed E-state index contributed by atoms with van der Waals surface area (Å²) in [4.78, 5) is 14.0. The van der Waals surface area contributed by atoms with Gasteiger partial charge in [0.05, 0.1) is 0 Å². The molecule has 18 heavy (non-hydrogen) atoms. The topological polar surface area (TPSA) is 20.3 Å². The Bertz CT molecular complexity index is 408. The summed E-state index contributed by atoms with van der Waals surface area (Å²) < 4.78 is 1.51. The molecule has 0 N–H and O–H groups in total. The summed E-state index contributed by atoms with van der Waals surface area (Å²) in [6.45, 7) is 8.10. The first kappa shape index (κ1) is 13.7. The summed E-state index contributed by atoms with van der Waals surface area (Å²) in [6.07, 6.45) is 1.10. The Morgan fingerprint density at radius 1 is 1.22 bits per heavy atom. The van der Waals surface area contributed by atoms with Gasteiger partial charge in [-0.25, -0.2) is 9.28 Å². The summed E-state index contributed by atoms with van der Waals surface area (Å²) in [5, 5.41) is 0. The second-order valence-electron chi connectivity index (χ2n) is 5.19. The van der Waals surface area contributed by atoms with Crippen LogP contribution in [0.25, 0.3) is 0 Å². The van der Waals surface area contributed by atoms with Gasteiger partial charge < -0.3 is 0 Å². The van der Waals surface area contributed by atoms with Gasteiger partial charge in [-0.3, -0.25) is 4.90 Å². The van der Waals surface area contributed by atoms with Crippen LogP contribution in [0.3, 0.4) is 0 Å². The molecule has 1 aliphatic heterocycles. The monoisotopic (exact) mass is 311 g/mol. The Morgan fingerprint density at radius 2 is 1.78 bits per heavy atom. The zero-order valence-electron chi connectivity index (χ0n) is 11.0. The highest BCUT2D eigenvalue weighted by atomic mass is 79.9. The van der Waals surface area contributed by atoms with Crippen LogP contribution in [0.4, 0.5) is 5.69 Å². The van der Waals surface area contributed by atoms with E-state index in [1.165, 1.54) is 0 Å². The normalized spacial score (nSPS) is 20.0. The lowest BCUT2D eigenvalue weighted by Gasteiger charge is -2.41. The molecule has 1 heterocycles. The molecular formula is C14H20BrN2O+. The maximum Gasteiger partial charge on any atom is 0.306 e. The second kappa shape index (κ2) is 5.51. The summed E-state index contributed by atoms with van der Waals surface area (Å²) in [5.41, 5.74) is 1.09. The Balaban J connectivity index is 2.18. The molecule has 1 aromatic carbocycles. The van der Waals surface area contributed by atoms with Crippen LogP contribution in [0.15, 0.2) is 28.7 Å². The van der Waals surface area contributed by atoms with E-state index in [9.17, 15) is 4.79 Å². The van der Waals surface area contributed by atoms with E-state index in [0.29, 0.717) is 10.5 Å². The van der Waals surface area contributed by atoms with Crippen molar-refractivity contribution in [1.29, 1.82) is 0 Å². The predicted octanol–water partition coefficient (Wildman–Crippen LogP) is 2.64.